The SMILES string of the molecule is Cc1cc(NC(=O)c2cncc(Cl)n2)ccn1. The molecule has 0 spiro atoms. The van der Waals surface area contributed by atoms with Crippen LogP contribution in [-0.4, -0.2) is 20.9 Å². The fraction of sp³-hybridized carbons (Fsp3) is 0.0909. The van der Waals surface area contributed by atoms with Crippen molar-refractivity contribution in [1.82, 2.24) is 15.0 Å². The molecule has 0 aliphatic rings. The predicted molar refractivity (Wildman–Crippen MR) is 64.0 cm³/mol. The highest BCUT2D eigenvalue weighted by Crippen LogP contribution is 2.09. The number of aryl methyl sites for hydroxylation is 1. The summed E-state index contributed by atoms with van der Waals surface area (Å²) in [5, 5.41) is 2.87. The Bertz CT molecular complexity index is 559. The van der Waals surface area contributed by atoms with Gasteiger partial charge in [-0.15, -0.1) is 0 Å². The quantitative estimate of drug-likeness (QED) is 0.884. The van der Waals surface area contributed by atoms with Gasteiger partial charge in [0.25, 0.3) is 5.91 Å². The number of hydrogen-bond donors (Lipinski definition) is 1. The number of halogens is 1. The Morgan fingerprint density at radius 1 is 1.41 bits per heavy atom. The van der Waals surface area contributed by atoms with E-state index in [0.29, 0.717) is 5.69 Å². The third-order valence-electron chi connectivity index (χ3n) is 1.99. The molecule has 1 amide bonds. The second-order valence-corrected chi connectivity index (χ2v) is 3.75. The summed E-state index contributed by atoms with van der Waals surface area (Å²) in [5.74, 6) is -0.356. The van der Waals surface area contributed by atoms with Gasteiger partial charge < -0.3 is 5.32 Å². The zero-order chi connectivity index (χ0) is 12.3. The summed E-state index contributed by atoms with van der Waals surface area (Å²) in [5.41, 5.74) is 1.65. The molecule has 86 valence electrons. The minimum Gasteiger partial charge on any atom is -0.320 e. The number of amides is 1. The van der Waals surface area contributed by atoms with E-state index in [1.165, 1.54) is 12.4 Å². The highest BCUT2D eigenvalue weighted by atomic mass is 35.5. The molecule has 0 aliphatic carbocycles. The minimum atomic E-state index is -0.356. The lowest BCUT2D eigenvalue weighted by Gasteiger charge is -2.04. The van der Waals surface area contributed by atoms with Crippen molar-refractivity contribution in [2.45, 2.75) is 6.92 Å². The summed E-state index contributed by atoms with van der Waals surface area (Å²) in [4.78, 5) is 23.5. The number of pyridine rings is 1. The minimum absolute atomic E-state index is 0.173. The van der Waals surface area contributed by atoms with E-state index in [2.05, 4.69) is 20.3 Å². The summed E-state index contributed by atoms with van der Waals surface area (Å²) in [7, 11) is 0. The zero-order valence-electron chi connectivity index (χ0n) is 9.01. The average molecular weight is 249 g/mol. The van der Waals surface area contributed by atoms with Gasteiger partial charge in [0, 0.05) is 17.6 Å². The fourth-order valence-corrected chi connectivity index (χ4v) is 1.42. The molecular weight excluding hydrogens is 240 g/mol. The molecule has 0 aliphatic heterocycles. The summed E-state index contributed by atoms with van der Waals surface area (Å²) >= 11 is 5.65. The van der Waals surface area contributed by atoms with Crippen molar-refractivity contribution in [3.8, 4) is 0 Å². The summed E-state index contributed by atoms with van der Waals surface area (Å²) in [6, 6.07) is 3.46. The Balaban J connectivity index is 2.17. The van der Waals surface area contributed by atoms with E-state index in [9.17, 15) is 4.79 Å². The summed E-state index contributed by atoms with van der Waals surface area (Å²) < 4.78 is 0. The average Bonchev–Trinajstić information content (AvgIpc) is 2.29. The van der Waals surface area contributed by atoms with Crippen LogP contribution in [0, 0.1) is 6.92 Å². The van der Waals surface area contributed by atoms with Crippen LogP contribution in [0.25, 0.3) is 0 Å². The van der Waals surface area contributed by atoms with Gasteiger partial charge in [-0.1, -0.05) is 11.6 Å². The van der Waals surface area contributed by atoms with Gasteiger partial charge in [-0.3, -0.25) is 14.8 Å². The maximum absolute atomic E-state index is 11.8. The Morgan fingerprint density at radius 2 is 2.24 bits per heavy atom. The lowest BCUT2D eigenvalue weighted by atomic mass is 10.3. The van der Waals surface area contributed by atoms with E-state index in [1.807, 2.05) is 6.92 Å². The molecule has 6 heteroatoms. The number of carbonyl (C=O) groups is 1. The van der Waals surface area contributed by atoms with Crippen molar-refractivity contribution < 1.29 is 4.79 Å². The molecule has 0 bridgehead atoms. The fourth-order valence-electron chi connectivity index (χ4n) is 1.27. The number of nitrogens with one attached hydrogen (secondary N) is 1. The molecule has 2 aromatic heterocycles. The van der Waals surface area contributed by atoms with Crippen molar-refractivity contribution in [1.29, 1.82) is 0 Å². The van der Waals surface area contributed by atoms with Gasteiger partial charge in [-0.2, -0.15) is 0 Å². The van der Waals surface area contributed by atoms with E-state index in [-0.39, 0.29) is 16.8 Å². The monoisotopic (exact) mass is 248 g/mol. The molecular formula is C11H9ClN4O. The Morgan fingerprint density at radius 3 is 2.94 bits per heavy atom. The number of aromatic nitrogens is 3. The highest BCUT2D eigenvalue weighted by Gasteiger charge is 2.08. The van der Waals surface area contributed by atoms with Gasteiger partial charge in [0.15, 0.2) is 0 Å². The van der Waals surface area contributed by atoms with Crippen molar-refractivity contribution in [3.63, 3.8) is 0 Å². The number of carbonyl (C=O) groups excluding carboxylic acids is 1. The topological polar surface area (TPSA) is 67.8 Å². The van der Waals surface area contributed by atoms with E-state index in [4.69, 9.17) is 11.6 Å². The third-order valence-corrected chi connectivity index (χ3v) is 2.17. The molecule has 0 fully saturated rings. The highest BCUT2D eigenvalue weighted by molar-refractivity contribution is 6.29. The smallest absolute Gasteiger partial charge is 0.275 e. The second kappa shape index (κ2) is 4.88. The summed E-state index contributed by atoms with van der Waals surface area (Å²) in [6.45, 7) is 1.84. The van der Waals surface area contributed by atoms with Crippen LogP contribution >= 0.6 is 11.6 Å². The van der Waals surface area contributed by atoms with E-state index >= 15 is 0 Å². The van der Waals surface area contributed by atoms with Crippen LogP contribution in [0.1, 0.15) is 16.2 Å². The third kappa shape index (κ3) is 2.98. The molecule has 0 atom stereocenters. The number of rotatable bonds is 2. The predicted octanol–water partition coefficient (Wildman–Crippen LogP) is 2.09. The van der Waals surface area contributed by atoms with Crippen molar-refractivity contribution in [3.05, 3.63) is 47.3 Å². The van der Waals surface area contributed by atoms with Gasteiger partial charge in [0.05, 0.1) is 12.4 Å². The van der Waals surface area contributed by atoms with Crippen LogP contribution in [0.15, 0.2) is 30.7 Å². The first-order valence-corrected chi connectivity index (χ1v) is 5.24. The van der Waals surface area contributed by atoms with Gasteiger partial charge in [0.1, 0.15) is 10.8 Å². The second-order valence-electron chi connectivity index (χ2n) is 3.37. The number of anilines is 1. The number of hydrogen-bond acceptors (Lipinski definition) is 4. The van der Waals surface area contributed by atoms with Crippen LogP contribution < -0.4 is 5.32 Å². The summed E-state index contributed by atoms with van der Waals surface area (Å²) in [6.07, 6.45) is 4.35. The molecule has 2 heterocycles. The molecule has 1 N–H and O–H groups in total. The molecule has 5 nitrogen and oxygen atoms in total. The van der Waals surface area contributed by atoms with E-state index in [1.54, 1.807) is 18.3 Å². The van der Waals surface area contributed by atoms with Crippen LogP contribution in [0.5, 0.6) is 0 Å². The van der Waals surface area contributed by atoms with Gasteiger partial charge in [0.2, 0.25) is 0 Å². The lowest BCUT2D eigenvalue weighted by Crippen LogP contribution is -2.14. The van der Waals surface area contributed by atoms with Crippen molar-refractivity contribution >= 4 is 23.2 Å². The van der Waals surface area contributed by atoms with Gasteiger partial charge in [-0.25, -0.2) is 4.98 Å². The van der Waals surface area contributed by atoms with E-state index < -0.39 is 0 Å². The Labute approximate surface area is 103 Å². The molecule has 0 unspecified atom stereocenters. The molecule has 2 aromatic rings. The standard InChI is InChI=1S/C11H9ClN4O/c1-7-4-8(2-3-14-7)15-11(17)9-5-13-6-10(12)16-9/h2-6H,1H3,(H,14,15,17). The first-order valence-electron chi connectivity index (χ1n) is 4.87. The van der Waals surface area contributed by atoms with Crippen LogP contribution in [0.3, 0.4) is 0 Å². The van der Waals surface area contributed by atoms with Crippen LogP contribution in [0.2, 0.25) is 5.15 Å². The van der Waals surface area contributed by atoms with Gasteiger partial charge >= 0.3 is 0 Å². The molecule has 0 radical (unpaired) electrons. The largest absolute Gasteiger partial charge is 0.320 e. The molecule has 2 rings (SSSR count). The zero-order valence-corrected chi connectivity index (χ0v) is 9.77. The van der Waals surface area contributed by atoms with Crippen LogP contribution in [-0.2, 0) is 0 Å². The molecule has 0 aromatic carbocycles. The first kappa shape index (κ1) is 11.5. The lowest BCUT2D eigenvalue weighted by molar-refractivity contribution is 0.102. The number of nitrogens with zero attached hydrogens (tertiary/aromatic N) is 3. The maximum atomic E-state index is 11.8. The molecule has 17 heavy (non-hydrogen) atoms. The first-order chi connectivity index (χ1) is 8.15. The van der Waals surface area contributed by atoms with Gasteiger partial charge in [-0.05, 0) is 19.1 Å². The van der Waals surface area contributed by atoms with Crippen molar-refractivity contribution in [2.75, 3.05) is 5.32 Å². The maximum Gasteiger partial charge on any atom is 0.275 e. The Kier molecular flexibility index (Phi) is 3.30. The molecule has 0 saturated heterocycles. The van der Waals surface area contributed by atoms with Crippen molar-refractivity contribution in [2.24, 2.45) is 0 Å². The normalized spacial score (nSPS) is 10.0. The molecule has 0 saturated carbocycles. The van der Waals surface area contributed by atoms with E-state index in [0.717, 1.165) is 5.69 Å². The Hall–Kier alpha value is -2.01. The van der Waals surface area contributed by atoms with Crippen LogP contribution in [0.4, 0.5) is 5.69 Å².